The molecule has 2 N–H and O–H groups in total. The van der Waals surface area contributed by atoms with Crippen molar-refractivity contribution in [3.8, 4) is 0 Å². The molecule has 1 saturated heterocycles. The summed E-state index contributed by atoms with van der Waals surface area (Å²) in [5.41, 5.74) is 0.779. The molecular formula is C11H14N4O. The van der Waals surface area contributed by atoms with Crippen LogP contribution in [-0.2, 0) is 0 Å². The van der Waals surface area contributed by atoms with Gasteiger partial charge in [0, 0.05) is 24.8 Å². The van der Waals surface area contributed by atoms with Crippen LogP contribution in [-0.4, -0.2) is 29.3 Å². The molecular weight excluding hydrogens is 204 g/mol. The lowest BCUT2D eigenvalue weighted by atomic mass is 10.1. The zero-order valence-electron chi connectivity index (χ0n) is 8.94. The van der Waals surface area contributed by atoms with E-state index in [2.05, 4.69) is 20.8 Å². The van der Waals surface area contributed by atoms with Gasteiger partial charge in [-0.25, -0.2) is 4.98 Å². The Kier molecular flexibility index (Phi) is 2.46. The summed E-state index contributed by atoms with van der Waals surface area (Å²) in [5, 5.41) is 11.5. The molecule has 0 saturated carbocycles. The Morgan fingerprint density at radius 2 is 2.50 bits per heavy atom. The molecule has 0 radical (unpaired) electrons. The molecule has 1 aliphatic heterocycles. The van der Waals surface area contributed by atoms with Crippen LogP contribution in [0.5, 0.6) is 0 Å². The first-order valence-corrected chi connectivity index (χ1v) is 5.60. The highest BCUT2D eigenvalue weighted by molar-refractivity contribution is 5.87. The summed E-state index contributed by atoms with van der Waals surface area (Å²) in [6, 6.07) is 2.27. The Hall–Kier alpha value is -1.62. The summed E-state index contributed by atoms with van der Waals surface area (Å²) in [6.07, 6.45) is 5.83. The van der Waals surface area contributed by atoms with Crippen LogP contribution in [0.2, 0.25) is 0 Å². The highest BCUT2D eigenvalue weighted by atomic mass is 16.5. The largest absolute Gasteiger partial charge is 0.365 e. The van der Waals surface area contributed by atoms with E-state index in [1.807, 2.05) is 6.07 Å². The molecule has 1 fully saturated rings. The second kappa shape index (κ2) is 4.09. The molecule has 0 amide bonds. The molecule has 0 spiro atoms. The number of pyridine rings is 1. The number of anilines is 1. The summed E-state index contributed by atoms with van der Waals surface area (Å²) < 4.78 is 5.10. The van der Waals surface area contributed by atoms with Crippen molar-refractivity contribution >= 4 is 16.8 Å². The van der Waals surface area contributed by atoms with E-state index in [9.17, 15) is 0 Å². The highest BCUT2D eigenvalue weighted by Gasteiger charge is 2.14. The van der Waals surface area contributed by atoms with Crippen molar-refractivity contribution in [2.45, 2.75) is 18.9 Å². The van der Waals surface area contributed by atoms with Crippen molar-refractivity contribution in [2.75, 3.05) is 18.4 Å². The molecule has 5 heteroatoms. The van der Waals surface area contributed by atoms with Crippen LogP contribution in [0.4, 0.5) is 5.82 Å². The normalized spacial score (nSPS) is 21.1. The van der Waals surface area contributed by atoms with E-state index in [1.54, 1.807) is 12.4 Å². The summed E-state index contributed by atoms with van der Waals surface area (Å²) in [7, 11) is 0. The van der Waals surface area contributed by atoms with E-state index in [0.717, 1.165) is 29.9 Å². The van der Waals surface area contributed by atoms with Crippen molar-refractivity contribution in [3.63, 3.8) is 0 Å². The Bertz CT molecular complexity index is 476. The molecule has 3 heterocycles. The second-order valence-corrected chi connectivity index (χ2v) is 4.08. The van der Waals surface area contributed by atoms with Crippen LogP contribution in [0.3, 0.4) is 0 Å². The number of nitrogens with one attached hydrogen (secondary N) is 2. The van der Waals surface area contributed by atoms with Gasteiger partial charge in [-0.15, -0.1) is 0 Å². The van der Waals surface area contributed by atoms with E-state index >= 15 is 0 Å². The average Bonchev–Trinajstić information content (AvgIpc) is 2.80. The van der Waals surface area contributed by atoms with E-state index in [-0.39, 0.29) is 0 Å². The van der Waals surface area contributed by atoms with Gasteiger partial charge >= 0.3 is 0 Å². The standard InChI is InChI=1S/C11H14N4O/c1-2-8(6-12-4-1)15-11-9-7-14-16-10(9)3-5-13-11/h3,5,7-8,12H,1-2,4,6H2,(H,13,15). The Balaban J connectivity index is 1.85. The number of aromatic nitrogens is 2. The van der Waals surface area contributed by atoms with Gasteiger partial charge in [0.15, 0.2) is 5.58 Å². The van der Waals surface area contributed by atoms with Gasteiger partial charge in [-0.05, 0) is 19.4 Å². The Labute approximate surface area is 93.2 Å². The zero-order chi connectivity index (χ0) is 10.8. The molecule has 2 aromatic heterocycles. The summed E-state index contributed by atoms with van der Waals surface area (Å²) in [6.45, 7) is 2.10. The fraction of sp³-hybridized carbons (Fsp3) is 0.455. The van der Waals surface area contributed by atoms with Gasteiger partial charge in [-0.2, -0.15) is 0 Å². The molecule has 84 valence electrons. The van der Waals surface area contributed by atoms with E-state index in [0.29, 0.717) is 6.04 Å². The molecule has 16 heavy (non-hydrogen) atoms. The van der Waals surface area contributed by atoms with Crippen molar-refractivity contribution in [1.82, 2.24) is 15.5 Å². The van der Waals surface area contributed by atoms with Crippen LogP contribution in [0.25, 0.3) is 11.0 Å². The topological polar surface area (TPSA) is 63.0 Å². The van der Waals surface area contributed by atoms with Crippen LogP contribution < -0.4 is 10.6 Å². The molecule has 3 rings (SSSR count). The minimum absolute atomic E-state index is 0.446. The van der Waals surface area contributed by atoms with Gasteiger partial charge in [0.25, 0.3) is 0 Å². The van der Waals surface area contributed by atoms with Crippen LogP contribution in [0.1, 0.15) is 12.8 Å². The van der Waals surface area contributed by atoms with E-state index < -0.39 is 0 Å². The van der Waals surface area contributed by atoms with Gasteiger partial charge in [-0.1, -0.05) is 5.16 Å². The maximum Gasteiger partial charge on any atom is 0.172 e. The predicted octanol–water partition coefficient (Wildman–Crippen LogP) is 1.39. The quantitative estimate of drug-likeness (QED) is 0.797. The van der Waals surface area contributed by atoms with Crippen molar-refractivity contribution in [3.05, 3.63) is 18.5 Å². The van der Waals surface area contributed by atoms with Crippen LogP contribution >= 0.6 is 0 Å². The monoisotopic (exact) mass is 218 g/mol. The lowest BCUT2D eigenvalue weighted by Gasteiger charge is -2.24. The fourth-order valence-corrected chi connectivity index (χ4v) is 2.08. The summed E-state index contributed by atoms with van der Waals surface area (Å²) in [5.74, 6) is 0.868. The average molecular weight is 218 g/mol. The van der Waals surface area contributed by atoms with Gasteiger partial charge in [0.05, 0.1) is 11.6 Å². The van der Waals surface area contributed by atoms with Crippen LogP contribution in [0, 0.1) is 0 Å². The SMILES string of the molecule is c1cc2oncc2c(NC2CCCNC2)n1. The van der Waals surface area contributed by atoms with Crippen molar-refractivity contribution < 1.29 is 4.52 Å². The fourth-order valence-electron chi connectivity index (χ4n) is 2.08. The number of rotatable bonds is 2. The van der Waals surface area contributed by atoms with Gasteiger partial charge in [-0.3, -0.25) is 0 Å². The first-order chi connectivity index (χ1) is 7.93. The van der Waals surface area contributed by atoms with Crippen molar-refractivity contribution in [2.24, 2.45) is 0 Å². The Morgan fingerprint density at radius 1 is 1.50 bits per heavy atom. The lowest BCUT2D eigenvalue weighted by Crippen LogP contribution is -2.38. The molecule has 0 aliphatic carbocycles. The zero-order valence-corrected chi connectivity index (χ0v) is 8.94. The molecule has 2 aromatic rings. The molecule has 1 atom stereocenters. The van der Waals surface area contributed by atoms with Gasteiger partial charge < -0.3 is 15.2 Å². The lowest BCUT2D eigenvalue weighted by molar-refractivity contribution is 0.456. The van der Waals surface area contributed by atoms with Crippen molar-refractivity contribution in [1.29, 1.82) is 0 Å². The summed E-state index contributed by atoms with van der Waals surface area (Å²) >= 11 is 0. The number of hydrogen-bond acceptors (Lipinski definition) is 5. The Morgan fingerprint density at radius 3 is 3.38 bits per heavy atom. The smallest absolute Gasteiger partial charge is 0.172 e. The molecule has 1 aliphatic rings. The molecule has 1 unspecified atom stereocenters. The minimum Gasteiger partial charge on any atom is -0.365 e. The number of piperidine rings is 1. The molecule has 5 nitrogen and oxygen atoms in total. The van der Waals surface area contributed by atoms with Gasteiger partial charge in [0.2, 0.25) is 0 Å². The number of hydrogen-bond donors (Lipinski definition) is 2. The first kappa shape index (κ1) is 9.59. The van der Waals surface area contributed by atoms with Crippen LogP contribution in [0.15, 0.2) is 23.0 Å². The highest BCUT2D eigenvalue weighted by Crippen LogP contribution is 2.21. The molecule has 0 bridgehead atoms. The van der Waals surface area contributed by atoms with E-state index in [1.165, 1.54) is 12.8 Å². The first-order valence-electron chi connectivity index (χ1n) is 5.60. The minimum atomic E-state index is 0.446. The third-order valence-electron chi connectivity index (χ3n) is 2.92. The maximum absolute atomic E-state index is 5.10. The van der Waals surface area contributed by atoms with Gasteiger partial charge in [0.1, 0.15) is 5.82 Å². The number of fused-ring (bicyclic) bond motifs is 1. The second-order valence-electron chi connectivity index (χ2n) is 4.08. The summed E-state index contributed by atoms with van der Waals surface area (Å²) in [4.78, 5) is 4.33. The predicted molar refractivity (Wildman–Crippen MR) is 61.3 cm³/mol. The third kappa shape index (κ3) is 1.74. The van der Waals surface area contributed by atoms with E-state index in [4.69, 9.17) is 4.52 Å². The maximum atomic E-state index is 5.10. The molecule has 0 aromatic carbocycles. The third-order valence-corrected chi connectivity index (χ3v) is 2.92. The number of nitrogens with zero attached hydrogens (tertiary/aromatic N) is 2.